The van der Waals surface area contributed by atoms with Crippen LogP contribution in [0.25, 0.3) is 0 Å². The zero-order valence-corrected chi connectivity index (χ0v) is 13.5. The summed E-state index contributed by atoms with van der Waals surface area (Å²) >= 11 is 0. The molecule has 0 radical (unpaired) electrons. The van der Waals surface area contributed by atoms with E-state index in [0.29, 0.717) is 12.3 Å². The zero-order chi connectivity index (χ0) is 20.8. The standard InChI is InChI=1S/C13H15F6N5O3/c14-12(15,16)4-1-2-8(6-23(27)7-25)10(26)24(20)11-21-5-3-9(22-11)13(17,18)19/h3,5,7-8,27H,1-2,4,6,20H2/t8-/m1/s1. The lowest BCUT2D eigenvalue weighted by Gasteiger charge is -2.24. The first kappa shape index (κ1) is 22.6. The maximum Gasteiger partial charge on any atom is 0.433 e. The molecule has 1 heterocycles. The summed E-state index contributed by atoms with van der Waals surface area (Å²) in [4.78, 5) is 29.3. The van der Waals surface area contributed by atoms with Crippen molar-refractivity contribution in [3.8, 4) is 0 Å². The van der Waals surface area contributed by atoms with E-state index in [2.05, 4.69) is 9.97 Å². The largest absolute Gasteiger partial charge is 0.433 e. The number of halogens is 6. The van der Waals surface area contributed by atoms with Gasteiger partial charge in [-0.3, -0.25) is 14.8 Å². The predicted octanol–water partition coefficient (Wildman–Crippen LogP) is 1.90. The van der Waals surface area contributed by atoms with E-state index in [0.717, 1.165) is 0 Å². The van der Waals surface area contributed by atoms with Crippen molar-refractivity contribution in [3.05, 3.63) is 18.0 Å². The normalized spacial score (nSPS) is 13.2. The van der Waals surface area contributed by atoms with Crippen molar-refractivity contribution in [2.24, 2.45) is 11.8 Å². The highest BCUT2D eigenvalue weighted by Gasteiger charge is 2.35. The second kappa shape index (κ2) is 8.94. The molecule has 0 aliphatic carbocycles. The molecule has 2 amide bonds. The van der Waals surface area contributed by atoms with Crippen LogP contribution in [0.4, 0.5) is 32.3 Å². The van der Waals surface area contributed by atoms with Crippen molar-refractivity contribution in [1.29, 1.82) is 0 Å². The molecule has 0 aliphatic rings. The first-order valence-corrected chi connectivity index (χ1v) is 7.31. The number of rotatable bonds is 8. The van der Waals surface area contributed by atoms with Gasteiger partial charge in [-0.05, 0) is 18.9 Å². The van der Waals surface area contributed by atoms with Gasteiger partial charge in [-0.1, -0.05) is 0 Å². The van der Waals surface area contributed by atoms with Gasteiger partial charge in [-0.25, -0.2) is 25.9 Å². The third-order valence-electron chi connectivity index (χ3n) is 3.28. The summed E-state index contributed by atoms with van der Waals surface area (Å²) in [6, 6.07) is 0.532. The lowest BCUT2D eigenvalue weighted by atomic mass is 10.0. The van der Waals surface area contributed by atoms with Gasteiger partial charge in [-0.15, -0.1) is 0 Å². The zero-order valence-electron chi connectivity index (χ0n) is 13.5. The first-order valence-electron chi connectivity index (χ1n) is 7.31. The molecule has 0 fully saturated rings. The van der Waals surface area contributed by atoms with Crippen LogP contribution < -0.4 is 10.9 Å². The van der Waals surface area contributed by atoms with E-state index >= 15 is 0 Å². The van der Waals surface area contributed by atoms with Crippen molar-refractivity contribution >= 4 is 18.3 Å². The van der Waals surface area contributed by atoms with Gasteiger partial charge in [0.25, 0.3) is 0 Å². The van der Waals surface area contributed by atoms with Crippen LogP contribution in [-0.2, 0) is 15.8 Å². The maximum atomic E-state index is 12.7. The summed E-state index contributed by atoms with van der Waals surface area (Å²) < 4.78 is 74.8. The summed E-state index contributed by atoms with van der Waals surface area (Å²) in [6.07, 6.45) is -11.0. The second-order valence-electron chi connectivity index (χ2n) is 5.38. The minimum absolute atomic E-state index is 0.0109. The highest BCUT2D eigenvalue weighted by atomic mass is 19.4. The van der Waals surface area contributed by atoms with Crippen LogP contribution in [0.3, 0.4) is 0 Å². The fourth-order valence-corrected chi connectivity index (χ4v) is 2.03. The second-order valence-corrected chi connectivity index (χ2v) is 5.38. The van der Waals surface area contributed by atoms with Gasteiger partial charge in [0.05, 0.1) is 12.5 Å². The van der Waals surface area contributed by atoms with Crippen molar-refractivity contribution in [2.45, 2.75) is 31.6 Å². The molecule has 0 aliphatic heterocycles. The summed E-state index contributed by atoms with van der Waals surface area (Å²) in [5.41, 5.74) is -1.39. The Kier molecular flexibility index (Phi) is 7.47. The Labute approximate surface area is 148 Å². The molecule has 1 aromatic rings. The van der Waals surface area contributed by atoms with Crippen molar-refractivity contribution in [2.75, 3.05) is 11.6 Å². The van der Waals surface area contributed by atoms with Gasteiger partial charge in [0.15, 0.2) is 0 Å². The number of nitrogens with zero attached hydrogens (tertiary/aromatic N) is 4. The van der Waals surface area contributed by atoms with E-state index in [1.807, 2.05) is 0 Å². The van der Waals surface area contributed by atoms with Crippen LogP contribution in [0.1, 0.15) is 25.0 Å². The van der Waals surface area contributed by atoms with Crippen LogP contribution >= 0.6 is 0 Å². The number of nitrogens with two attached hydrogens (primary N) is 1. The molecule has 0 aromatic carbocycles. The Morgan fingerprint density at radius 3 is 2.44 bits per heavy atom. The number of carbonyl (C=O) groups is 2. The number of hydrogen-bond acceptors (Lipinski definition) is 6. The number of alkyl halides is 6. The molecule has 3 N–H and O–H groups in total. The Bertz CT molecular complexity index is 654. The monoisotopic (exact) mass is 403 g/mol. The molecule has 152 valence electrons. The van der Waals surface area contributed by atoms with Gasteiger partial charge in [0.1, 0.15) is 5.69 Å². The SMILES string of the molecule is NN(C(=O)[C@H](CCCC(F)(F)F)CN(O)C=O)c1nccc(C(F)(F)F)n1. The van der Waals surface area contributed by atoms with Crippen LogP contribution in [0.15, 0.2) is 12.3 Å². The van der Waals surface area contributed by atoms with Crippen LogP contribution in [0, 0.1) is 5.92 Å². The number of hydrazine groups is 1. The Hall–Kier alpha value is -2.48. The third-order valence-corrected chi connectivity index (χ3v) is 3.28. The number of amides is 2. The number of hydroxylamine groups is 2. The molecule has 0 spiro atoms. The summed E-state index contributed by atoms with van der Waals surface area (Å²) in [5.74, 6) is 1.97. The Balaban J connectivity index is 2.97. The average Bonchev–Trinajstić information content (AvgIpc) is 2.57. The van der Waals surface area contributed by atoms with Crippen molar-refractivity contribution in [3.63, 3.8) is 0 Å². The first-order chi connectivity index (χ1) is 12.3. The summed E-state index contributed by atoms with van der Waals surface area (Å²) in [7, 11) is 0. The lowest BCUT2D eigenvalue weighted by Crippen LogP contribution is -2.46. The van der Waals surface area contributed by atoms with Gasteiger partial charge in [0, 0.05) is 12.6 Å². The maximum absolute atomic E-state index is 12.7. The quantitative estimate of drug-likeness (QED) is 0.171. The molecule has 1 atom stereocenters. The topological polar surface area (TPSA) is 113 Å². The molecule has 1 rings (SSSR count). The van der Waals surface area contributed by atoms with Crippen molar-refractivity contribution in [1.82, 2.24) is 15.0 Å². The van der Waals surface area contributed by atoms with E-state index in [1.54, 1.807) is 0 Å². The third kappa shape index (κ3) is 7.34. The molecule has 14 heteroatoms. The molecule has 27 heavy (non-hydrogen) atoms. The van der Waals surface area contributed by atoms with Crippen LogP contribution in [0.5, 0.6) is 0 Å². The molecular formula is C13H15F6N5O3. The van der Waals surface area contributed by atoms with Crippen LogP contribution in [-0.4, -0.2) is 45.3 Å². The fourth-order valence-electron chi connectivity index (χ4n) is 2.03. The molecule has 0 saturated heterocycles. The molecule has 0 saturated carbocycles. The number of carbonyl (C=O) groups excluding carboxylic acids is 2. The van der Waals surface area contributed by atoms with E-state index in [4.69, 9.17) is 5.84 Å². The number of anilines is 1. The molecule has 1 aromatic heterocycles. The van der Waals surface area contributed by atoms with Crippen LogP contribution in [0.2, 0.25) is 0 Å². The molecule has 0 bridgehead atoms. The average molecular weight is 403 g/mol. The molecule has 0 unspecified atom stereocenters. The van der Waals surface area contributed by atoms with Gasteiger partial charge >= 0.3 is 12.4 Å². The highest BCUT2D eigenvalue weighted by molar-refractivity contribution is 5.92. The minimum atomic E-state index is -4.84. The molecule has 8 nitrogen and oxygen atoms in total. The van der Waals surface area contributed by atoms with Crippen molar-refractivity contribution < 1.29 is 41.1 Å². The van der Waals surface area contributed by atoms with E-state index < -0.39 is 61.6 Å². The van der Waals surface area contributed by atoms with Gasteiger partial charge in [-0.2, -0.15) is 26.3 Å². The Morgan fingerprint density at radius 1 is 1.30 bits per heavy atom. The number of hydrogen-bond donors (Lipinski definition) is 2. The minimum Gasteiger partial charge on any atom is -0.286 e. The van der Waals surface area contributed by atoms with Gasteiger partial charge < -0.3 is 0 Å². The number of aromatic nitrogens is 2. The predicted molar refractivity (Wildman–Crippen MR) is 76.7 cm³/mol. The molecular weight excluding hydrogens is 388 g/mol. The summed E-state index contributed by atoms with van der Waals surface area (Å²) in [5, 5.41) is 9.33. The highest BCUT2D eigenvalue weighted by Crippen LogP contribution is 2.28. The summed E-state index contributed by atoms with van der Waals surface area (Å²) in [6.45, 7) is -0.715. The van der Waals surface area contributed by atoms with E-state index in [1.165, 1.54) is 0 Å². The van der Waals surface area contributed by atoms with Gasteiger partial charge in [0.2, 0.25) is 18.3 Å². The smallest absolute Gasteiger partial charge is 0.286 e. The van der Waals surface area contributed by atoms with E-state index in [-0.39, 0.29) is 16.5 Å². The lowest BCUT2D eigenvalue weighted by molar-refractivity contribution is -0.155. The fraction of sp³-hybridized carbons (Fsp3) is 0.538. The van der Waals surface area contributed by atoms with E-state index in [9.17, 15) is 41.1 Å². The Morgan fingerprint density at radius 2 is 1.93 bits per heavy atom.